The van der Waals surface area contributed by atoms with Crippen LogP contribution in [-0.2, 0) is 4.79 Å². The Balaban J connectivity index is 3.04. The third-order valence-corrected chi connectivity index (χ3v) is 1.85. The summed E-state index contributed by atoms with van der Waals surface area (Å²) in [5.41, 5.74) is 9.98. The number of halogens is 1. The van der Waals surface area contributed by atoms with E-state index in [9.17, 15) is 15.0 Å². The molecule has 0 aliphatic rings. The molecule has 0 aromatic carbocycles. The lowest BCUT2D eigenvalue weighted by atomic mass is 10.1. The first-order valence-electron chi connectivity index (χ1n) is 3.87. The Morgan fingerprint density at radius 3 is 2.67 bits per heavy atom. The summed E-state index contributed by atoms with van der Waals surface area (Å²) in [6, 6.07) is 0. The SMILES string of the molecule is NC(=O)C(O)C(O)c1nc(Cl)cnc1N. The molecular weight excluding hydrogens is 224 g/mol. The topological polar surface area (TPSA) is 135 Å². The summed E-state index contributed by atoms with van der Waals surface area (Å²) in [5.74, 6) is -1.23. The number of hydrogen-bond acceptors (Lipinski definition) is 6. The highest BCUT2D eigenvalue weighted by Gasteiger charge is 2.27. The zero-order chi connectivity index (χ0) is 11.6. The molecule has 1 aromatic rings. The number of aliphatic hydroxyl groups excluding tert-OH is 2. The lowest BCUT2D eigenvalue weighted by Crippen LogP contribution is -2.34. The number of aromatic nitrogens is 2. The number of primary amides is 1. The summed E-state index contributed by atoms with van der Waals surface area (Å²) < 4.78 is 0. The third kappa shape index (κ3) is 2.52. The van der Waals surface area contributed by atoms with Crippen LogP contribution < -0.4 is 11.5 Å². The molecule has 1 heterocycles. The van der Waals surface area contributed by atoms with Gasteiger partial charge in [0.1, 0.15) is 22.8 Å². The van der Waals surface area contributed by atoms with Crippen LogP contribution in [0.25, 0.3) is 0 Å². The fourth-order valence-corrected chi connectivity index (χ4v) is 1.05. The van der Waals surface area contributed by atoms with Crippen molar-refractivity contribution in [2.24, 2.45) is 5.73 Å². The fraction of sp³-hybridized carbons (Fsp3) is 0.286. The standard InChI is InChI=1S/C7H9ClN4O3/c8-2-1-11-6(9)3(12-2)4(13)5(14)7(10)15/h1,4-5,13-14H,(H2,9,11)(H2,10,15). The van der Waals surface area contributed by atoms with Gasteiger partial charge in [0.05, 0.1) is 6.20 Å². The Bertz CT molecular complexity index is 386. The average molecular weight is 233 g/mol. The van der Waals surface area contributed by atoms with Crippen LogP contribution in [0.15, 0.2) is 6.20 Å². The molecule has 82 valence electrons. The van der Waals surface area contributed by atoms with Crippen LogP contribution in [0.4, 0.5) is 5.82 Å². The predicted octanol–water partition coefficient (Wildman–Crippen LogP) is -1.41. The van der Waals surface area contributed by atoms with Crippen LogP contribution in [0.2, 0.25) is 5.15 Å². The summed E-state index contributed by atoms with van der Waals surface area (Å²) in [6.45, 7) is 0. The molecule has 0 saturated heterocycles. The van der Waals surface area contributed by atoms with Crippen molar-refractivity contribution >= 4 is 23.3 Å². The van der Waals surface area contributed by atoms with Crippen molar-refractivity contribution in [2.45, 2.75) is 12.2 Å². The highest BCUT2D eigenvalue weighted by Crippen LogP contribution is 2.20. The summed E-state index contributed by atoms with van der Waals surface area (Å²) in [6.07, 6.45) is -2.28. The van der Waals surface area contributed by atoms with Crippen molar-refractivity contribution in [1.29, 1.82) is 0 Å². The van der Waals surface area contributed by atoms with E-state index in [1.165, 1.54) is 6.20 Å². The van der Waals surface area contributed by atoms with Gasteiger partial charge in [0.2, 0.25) is 5.91 Å². The van der Waals surface area contributed by atoms with Crippen LogP contribution in [0.5, 0.6) is 0 Å². The lowest BCUT2D eigenvalue weighted by Gasteiger charge is -2.15. The second kappa shape index (κ2) is 4.39. The van der Waals surface area contributed by atoms with Gasteiger partial charge in [-0.1, -0.05) is 11.6 Å². The predicted molar refractivity (Wildman–Crippen MR) is 51.6 cm³/mol. The van der Waals surface area contributed by atoms with E-state index < -0.39 is 18.1 Å². The van der Waals surface area contributed by atoms with E-state index in [0.717, 1.165) is 0 Å². The molecule has 2 unspecified atom stereocenters. The largest absolute Gasteiger partial charge is 0.383 e. The average Bonchev–Trinajstić information content (AvgIpc) is 2.19. The van der Waals surface area contributed by atoms with Gasteiger partial charge < -0.3 is 21.7 Å². The van der Waals surface area contributed by atoms with Crippen molar-refractivity contribution in [1.82, 2.24) is 9.97 Å². The van der Waals surface area contributed by atoms with E-state index in [1.807, 2.05) is 0 Å². The Labute approximate surface area is 89.7 Å². The van der Waals surface area contributed by atoms with E-state index >= 15 is 0 Å². The minimum Gasteiger partial charge on any atom is -0.383 e. The zero-order valence-corrected chi connectivity index (χ0v) is 8.22. The summed E-state index contributed by atoms with van der Waals surface area (Å²) in [4.78, 5) is 17.8. The van der Waals surface area contributed by atoms with E-state index in [0.29, 0.717) is 0 Å². The fourth-order valence-electron chi connectivity index (χ4n) is 0.913. The smallest absolute Gasteiger partial charge is 0.249 e. The summed E-state index contributed by atoms with van der Waals surface area (Å²) in [7, 11) is 0. The van der Waals surface area contributed by atoms with Gasteiger partial charge in [-0.25, -0.2) is 9.97 Å². The maximum Gasteiger partial charge on any atom is 0.249 e. The Kier molecular flexibility index (Phi) is 3.40. The number of nitrogens with zero attached hydrogens (tertiary/aromatic N) is 2. The second-order valence-electron chi connectivity index (χ2n) is 2.76. The maximum absolute atomic E-state index is 10.6. The molecule has 1 rings (SSSR count). The number of carbonyl (C=O) groups is 1. The minimum absolute atomic E-state index is 0.0186. The van der Waals surface area contributed by atoms with Crippen LogP contribution in [0.1, 0.15) is 11.8 Å². The lowest BCUT2D eigenvalue weighted by molar-refractivity contribution is -0.132. The number of aliphatic hydroxyl groups is 2. The molecule has 2 atom stereocenters. The van der Waals surface area contributed by atoms with E-state index in [1.54, 1.807) is 0 Å². The molecule has 0 bridgehead atoms. The van der Waals surface area contributed by atoms with Crippen molar-refractivity contribution in [2.75, 3.05) is 5.73 Å². The number of nitrogen functional groups attached to an aromatic ring is 1. The molecule has 0 radical (unpaired) electrons. The molecule has 0 saturated carbocycles. The van der Waals surface area contributed by atoms with Gasteiger partial charge in [-0.3, -0.25) is 4.79 Å². The van der Waals surface area contributed by atoms with Crippen LogP contribution in [0, 0.1) is 0 Å². The van der Waals surface area contributed by atoms with Gasteiger partial charge >= 0.3 is 0 Å². The molecule has 1 amide bonds. The van der Waals surface area contributed by atoms with Crippen molar-refractivity contribution in [3.63, 3.8) is 0 Å². The van der Waals surface area contributed by atoms with E-state index in [-0.39, 0.29) is 16.7 Å². The van der Waals surface area contributed by atoms with Gasteiger partial charge in [-0.2, -0.15) is 0 Å². The van der Waals surface area contributed by atoms with Gasteiger partial charge in [-0.15, -0.1) is 0 Å². The first kappa shape index (κ1) is 11.6. The Hall–Kier alpha value is -1.44. The number of anilines is 1. The van der Waals surface area contributed by atoms with Crippen LogP contribution >= 0.6 is 11.6 Å². The molecule has 8 heteroatoms. The van der Waals surface area contributed by atoms with Gasteiger partial charge in [-0.05, 0) is 0 Å². The highest BCUT2D eigenvalue weighted by molar-refractivity contribution is 6.29. The number of nitrogens with two attached hydrogens (primary N) is 2. The zero-order valence-electron chi connectivity index (χ0n) is 7.46. The summed E-state index contributed by atoms with van der Waals surface area (Å²) >= 11 is 5.51. The van der Waals surface area contributed by atoms with Crippen molar-refractivity contribution in [3.05, 3.63) is 17.0 Å². The van der Waals surface area contributed by atoms with Crippen molar-refractivity contribution < 1.29 is 15.0 Å². The van der Waals surface area contributed by atoms with Crippen LogP contribution in [0.3, 0.4) is 0 Å². The first-order chi connectivity index (χ1) is 6.93. The molecule has 15 heavy (non-hydrogen) atoms. The van der Waals surface area contributed by atoms with Gasteiger partial charge in [0.15, 0.2) is 6.10 Å². The summed E-state index contributed by atoms with van der Waals surface area (Å²) in [5, 5.41) is 18.6. The molecule has 7 nitrogen and oxygen atoms in total. The number of hydrogen-bond donors (Lipinski definition) is 4. The molecular formula is C7H9ClN4O3. The number of amides is 1. The number of carbonyl (C=O) groups excluding carboxylic acids is 1. The molecule has 6 N–H and O–H groups in total. The molecule has 0 aliphatic carbocycles. The van der Waals surface area contributed by atoms with Crippen LogP contribution in [-0.4, -0.2) is 32.2 Å². The maximum atomic E-state index is 10.6. The van der Waals surface area contributed by atoms with Crippen molar-refractivity contribution in [3.8, 4) is 0 Å². The highest BCUT2D eigenvalue weighted by atomic mass is 35.5. The normalized spacial score (nSPS) is 14.6. The van der Waals surface area contributed by atoms with E-state index in [2.05, 4.69) is 9.97 Å². The third-order valence-electron chi connectivity index (χ3n) is 1.67. The second-order valence-corrected chi connectivity index (χ2v) is 3.14. The Morgan fingerprint density at radius 2 is 2.13 bits per heavy atom. The first-order valence-corrected chi connectivity index (χ1v) is 4.24. The molecule has 0 spiro atoms. The quantitative estimate of drug-likeness (QED) is 0.506. The minimum atomic E-state index is -1.81. The van der Waals surface area contributed by atoms with Gasteiger partial charge in [0.25, 0.3) is 0 Å². The molecule has 0 aliphatic heterocycles. The molecule has 1 aromatic heterocycles. The number of rotatable bonds is 3. The Morgan fingerprint density at radius 1 is 1.53 bits per heavy atom. The van der Waals surface area contributed by atoms with Gasteiger partial charge in [0, 0.05) is 0 Å². The monoisotopic (exact) mass is 232 g/mol. The molecule has 0 fully saturated rings. The van der Waals surface area contributed by atoms with E-state index in [4.69, 9.17) is 23.1 Å².